The Morgan fingerprint density at radius 3 is 2.43 bits per heavy atom. The molecule has 0 saturated heterocycles. The van der Waals surface area contributed by atoms with Gasteiger partial charge in [0.1, 0.15) is 5.54 Å². The molecule has 5 nitrogen and oxygen atoms in total. The summed E-state index contributed by atoms with van der Waals surface area (Å²) >= 11 is 0. The van der Waals surface area contributed by atoms with Crippen molar-refractivity contribution in [3.05, 3.63) is 12.2 Å². The average molecular weight is 297 g/mol. The molecule has 1 rings (SSSR count). The molecule has 0 heterocycles. The number of carbonyl (C=O) groups excluding carboxylic acids is 1. The number of ether oxygens (including phenoxy) is 1. The van der Waals surface area contributed by atoms with E-state index in [2.05, 4.69) is 11.9 Å². The van der Waals surface area contributed by atoms with E-state index < -0.39 is 16.9 Å². The van der Waals surface area contributed by atoms with Crippen LogP contribution in [0.2, 0.25) is 0 Å². The van der Waals surface area contributed by atoms with Gasteiger partial charge in [-0.05, 0) is 20.3 Å². The number of amides is 1. The molecule has 2 N–H and O–H groups in total. The number of carboxylic acids is 1. The number of hydrogen-bond acceptors (Lipinski definition) is 3. The lowest BCUT2D eigenvalue weighted by Gasteiger charge is -2.58. The molecule has 1 amide bonds. The number of carbonyl (C=O) groups is 2. The summed E-state index contributed by atoms with van der Waals surface area (Å²) < 4.78 is 5.58. The molecule has 1 aliphatic carbocycles. The van der Waals surface area contributed by atoms with Crippen LogP contribution in [0.5, 0.6) is 0 Å². The Bertz CT molecular complexity index is 444. The Morgan fingerprint density at radius 2 is 2.05 bits per heavy atom. The molecular weight excluding hydrogens is 270 g/mol. The Morgan fingerprint density at radius 1 is 1.48 bits per heavy atom. The van der Waals surface area contributed by atoms with Gasteiger partial charge in [-0.1, -0.05) is 26.3 Å². The van der Waals surface area contributed by atoms with Crippen LogP contribution in [0.15, 0.2) is 12.2 Å². The van der Waals surface area contributed by atoms with Gasteiger partial charge < -0.3 is 15.2 Å². The highest BCUT2D eigenvalue weighted by atomic mass is 16.5. The Balaban J connectivity index is 2.88. The fourth-order valence-electron chi connectivity index (χ4n) is 2.99. The van der Waals surface area contributed by atoms with Crippen molar-refractivity contribution in [2.75, 3.05) is 6.61 Å². The first-order valence-electron chi connectivity index (χ1n) is 7.40. The highest BCUT2D eigenvalue weighted by Gasteiger charge is 2.66. The molecule has 3 unspecified atom stereocenters. The zero-order valence-electron chi connectivity index (χ0n) is 13.7. The van der Waals surface area contributed by atoms with Crippen molar-refractivity contribution in [3.63, 3.8) is 0 Å². The fraction of sp³-hybridized carbons (Fsp3) is 0.750. The van der Waals surface area contributed by atoms with E-state index in [9.17, 15) is 14.7 Å². The van der Waals surface area contributed by atoms with Crippen molar-refractivity contribution in [2.24, 2.45) is 11.3 Å². The summed E-state index contributed by atoms with van der Waals surface area (Å²) in [5.74, 6) is -1.54. The van der Waals surface area contributed by atoms with E-state index >= 15 is 0 Å². The van der Waals surface area contributed by atoms with Crippen LogP contribution in [0.25, 0.3) is 0 Å². The first-order valence-corrected chi connectivity index (χ1v) is 7.40. The van der Waals surface area contributed by atoms with E-state index in [0.717, 1.165) is 5.57 Å². The first kappa shape index (κ1) is 17.7. The molecule has 0 aromatic carbocycles. The van der Waals surface area contributed by atoms with Crippen molar-refractivity contribution < 1.29 is 19.4 Å². The zero-order chi connectivity index (χ0) is 16.4. The highest BCUT2D eigenvalue weighted by molar-refractivity contribution is 5.90. The third kappa shape index (κ3) is 3.12. The lowest BCUT2D eigenvalue weighted by molar-refractivity contribution is -0.195. The molecular formula is C16H27NO4. The van der Waals surface area contributed by atoms with Gasteiger partial charge in [0.2, 0.25) is 5.91 Å². The van der Waals surface area contributed by atoms with Gasteiger partial charge in [0.25, 0.3) is 0 Å². The van der Waals surface area contributed by atoms with E-state index in [1.165, 1.54) is 0 Å². The second kappa shape index (κ2) is 6.18. The quantitative estimate of drug-likeness (QED) is 0.707. The Hall–Kier alpha value is -1.36. The molecule has 1 fully saturated rings. The van der Waals surface area contributed by atoms with Gasteiger partial charge in [-0.2, -0.15) is 0 Å². The fourth-order valence-corrected chi connectivity index (χ4v) is 2.99. The number of rotatable bonds is 7. The van der Waals surface area contributed by atoms with Crippen LogP contribution in [0.3, 0.4) is 0 Å². The topological polar surface area (TPSA) is 75.6 Å². The first-order chi connectivity index (χ1) is 9.58. The monoisotopic (exact) mass is 297 g/mol. The summed E-state index contributed by atoms with van der Waals surface area (Å²) in [5, 5.41) is 12.4. The largest absolute Gasteiger partial charge is 0.479 e. The third-order valence-corrected chi connectivity index (χ3v) is 4.57. The smallest absolute Gasteiger partial charge is 0.330 e. The SMILES string of the molecule is C=C(C)CC(C)C(=O)NC1(C(=O)O)CC(OCC)C1(C)C. The van der Waals surface area contributed by atoms with Gasteiger partial charge in [-0.25, -0.2) is 4.79 Å². The number of aliphatic carboxylic acids is 1. The van der Waals surface area contributed by atoms with E-state index in [1.807, 2.05) is 27.7 Å². The van der Waals surface area contributed by atoms with Crippen LogP contribution in [-0.2, 0) is 14.3 Å². The molecule has 1 saturated carbocycles. The van der Waals surface area contributed by atoms with Crippen LogP contribution >= 0.6 is 0 Å². The molecule has 0 bridgehead atoms. The second-order valence-electron chi connectivity index (χ2n) is 6.63. The van der Waals surface area contributed by atoms with Crippen LogP contribution in [0, 0.1) is 11.3 Å². The van der Waals surface area contributed by atoms with E-state index in [4.69, 9.17) is 4.74 Å². The van der Waals surface area contributed by atoms with Gasteiger partial charge in [-0.15, -0.1) is 6.58 Å². The van der Waals surface area contributed by atoms with E-state index in [1.54, 1.807) is 6.92 Å². The number of carboxylic acid groups (broad SMARTS) is 1. The summed E-state index contributed by atoms with van der Waals surface area (Å²) in [5.41, 5.74) is -0.997. The predicted molar refractivity (Wildman–Crippen MR) is 80.9 cm³/mol. The normalized spacial score (nSPS) is 28.3. The molecule has 1 aliphatic rings. The van der Waals surface area contributed by atoms with Crippen molar-refractivity contribution >= 4 is 11.9 Å². The van der Waals surface area contributed by atoms with Crippen LogP contribution < -0.4 is 5.32 Å². The summed E-state index contributed by atoms with van der Waals surface area (Å²) in [6, 6.07) is 0. The molecule has 0 aromatic heterocycles. The zero-order valence-corrected chi connectivity index (χ0v) is 13.7. The van der Waals surface area contributed by atoms with Crippen molar-refractivity contribution in [1.82, 2.24) is 5.32 Å². The maximum Gasteiger partial charge on any atom is 0.330 e. The predicted octanol–water partition coefficient (Wildman–Crippen LogP) is 2.36. The summed E-state index contributed by atoms with van der Waals surface area (Å²) in [6.07, 6.45) is 0.696. The van der Waals surface area contributed by atoms with Gasteiger partial charge in [0.15, 0.2) is 0 Å². The second-order valence-corrected chi connectivity index (χ2v) is 6.63. The number of allylic oxidation sites excluding steroid dienone is 1. The maximum atomic E-state index is 12.3. The van der Waals surface area contributed by atoms with Crippen LogP contribution in [0.1, 0.15) is 47.5 Å². The van der Waals surface area contributed by atoms with E-state index in [0.29, 0.717) is 19.4 Å². The Kier molecular flexibility index (Phi) is 5.20. The van der Waals surface area contributed by atoms with Gasteiger partial charge in [-0.3, -0.25) is 4.79 Å². The molecule has 0 spiro atoms. The molecule has 21 heavy (non-hydrogen) atoms. The maximum absolute atomic E-state index is 12.3. The minimum absolute atomic E-state index is 0.157. The van der Waals surface area contributed by atoms with E-state index in [-0.39, 0.29) is 17.9 Å². The van der Waals surface area contributed by atoms with Gasteiger partial charge in [0.05, 0.1) is 6.10 Å². The molecule has 5 heteroatoms. The van der Waals surface area contributed by atoms with Crippen molar-refractivity contribution in [1.29, 1.82) is 0 Å². The molecule has 0 radical (unpaired) electrons. The number of hydrogen-bond donors (Lipinski definition) is 2. The third-order valence-electron chi connectivity index (χ3n) is 4.57. The average Bonchev–Trinajstić information content (AvgIpc) is 2.35. The van der Waals surface area contributed by atoms with Crippen LogP contribution in [-0.4, -0.2) is 35.2 Å². The standard InChI is InChI=1S/C16H27NO4/c1-7-21-12-9-16(14(19)20,15(12,5)6)17-13(18)11(4)8-10(2)3/h11-12H,2,7-9H2,1,3-6H3,(H,17,18)(H,19,20). The van der Waals surface area contributed by atoms with Crippen molar-refractivity contribution in [3.8, 4) is 0 Å². The Labute approximate surface area is 126 Å². The summed E-state index contributed by atoms with van der Waals surface area (Å²) in [6.45, 7) is 13.5. The minimum Gasteiger partial charge on any atom is -0.479 e. The minimum atomic E-state index is -1.26. The summed E-state index contributed by atoms with van der Waals surface area (Å²) in [4.78, 5) is 24.0. The highest BCUT2D eigenvalue weighted by Crippen LogP contribution is 2.51. The van der Waals surface area contributed by atoms with Gasteiger partial charge in [0, 0.05) is 24.4 Å². The lowest BCUT2D eigenvalue weighted by Crippen LogP contribution is -2.76. The summed E-state index contributed by atoms with van der Waals surface area (Å²) in [7, 11) is 0. The van der Waals surface area contributed by atoms with Crippen molar-refractivity contribution in [2.45, 2.75) is 59.1 Å². The van der Waals surface area contributed by atoms with Crippen LogP contribution in [0.4, 0.5) is 0 Å². The lowest BCUT2D eigenvalue weighted by atomic mass is 9.54. The molecule has 3 atom stereocenters. The molecule has 120 valence electrons. The number of nitrogens with one attached hydrogen (secondary N) is 1. The molecule has 0 aromatic rings. The molecule has 0 aliphatic heterocycles. The van der Waals surface area contributed by atoms with Gasteiger partial charge >= 0.3 is 5.97 Å².